The molecule has 2 atom stereocenters. The van der Waals surface area contributed by atoms with Crippen molar-refractivity contribution in [1.82, 2.24) is 9.80 Å². The molecule has 25 heavy (non-hydrogen) atoms. The molecular formula is C20H27FN2O2. The van der Waals surface area contributed by atoms with Crippen LogP contribution in [0.2, 0.25) is 0 Å². The summed E-state index contributed by atoms with van der Waals surface area (Å²) < 4.78 is 19.0. The minimum Gasteiger partial charge on any atom is -0.444 e. The quantitative estimate of drug-likeness (QED) is 0.751. The van der Waals surface area contributed by atoms with Gasteiger partial charge >= 0.3 is 6.09 Å². The normalized spacial score (nSPS) is 25.2. The fourth-order valence-corrected chi connectivity index (χ4v) is 3.91. The predicted molar refractivity (Wildman–Crippen MR) is 95.6 cm³/mol. The second-order valence-corrected chi connectivity index (χ2v) is 7.75. The molecule has 4 nitrogen and oxygen atoms in total. The number of amides is 1. The van der Waals surface area contributed by atoms with E-state index in [-0.39, 0.29) is 24.0 Å². The molecule has 0 aliphatic carbocycles. The molecule has 0 spiro atoms. The summed E-state index contributed by atoms with van der Waals surface area (Å²) in [5.74, 6) is -0.263. The maximum absolute atomic E-state index is 13.4. The first kappa shape index (κ1) is 17.8. The summed E-state index contributed by atoms with van der Waals surface area (Å²) in [5, 5.41) is 0. The van der Waals surface area contributed by atoms with E-state index in [1.165, 1.54) is 17.8 Å². The Morgan fingerprint density at radius 3 is 2.52 bits per heavy atom. The molecule has 2 saturated heterocycles. The number of allylic oxidation sites excluding steroid dienone is 2. The number of piperazine rings is 1. The van der Waals surface area contributed by atoms with Crippen LogP contribution in [-0.4, -0.2) is 40.6 Å². The van der Waals surface area contributed by atoms with E-state index in [0.717, 1.165) is 24.9 Å². The number of hydrogen-bond donors (Lipinski definition) is 0. The molecule has 0 N–H and O–H groups in total. The number of carbonyl (C=O) groups is 1. The van der Waals surface area contributed by atoms with Gasteiger partial charge in [-0.3, -0.25) is 4.90 Å². The summed E-state index contributed by atoms with van der Waals surface area (Å²) in [7, 11) is 0. The van der Waals surface area contributed by atoms with E-state index in [1.807, 2.05) is 25.7 Å². The first-order chi connectivity index (χ1) is 11.8. The van der Waals surface area contributed by atoms with Crippen molar-refractivity contribution >= 4 is 6.09 Å². The molecule has 2 unspecified atom stereocenters. The third-order valence-corrected chi connectivity index (χ3v) is 4.92. The van der Waals surface area contributed by atoms with Crippen molar-refractivity contribution in [2.24, 2.45) is 0 Å². The van der Waals surface area contributed by atoms with Crippen molar-refractivity contribution in [3.8, 4) is 0 Å². The number of halogens is 1. The van der Waals surface area contributed by atoms with Gasteiger partial charge in [0, 0.05) is 18.8 Å². The van der Waals surface area contributed by atoms with Gasteiger partial charge in [0.2, 0.25) is 0 Å². The highest BCUT2D eigenvalue weighted by Gasteiger charge is 2.44. The van der Waals surface area contributed by atoms with Crippen LogP contribution in [0.3, 0.4) is 0 Å². The zero-order chi connectivity index (χ0) is 18.2. The lowest BCUT2D eigenvalue weighted by Crippen LogP contribution is -2.54. The first-order valence-electron chi connectivity index (χ1n) is 8.97. The van der Waals surface area contributed by atoms with Gasteiger partial charge < -0.3 is 9.64 Å². The summed E-state index contributed by atoms with van der Waals surface area (Å²) in [6.07, 6.45) is 3.86. The topological polar surface area (TPSA) is 32.8 Å². The first-order valence-corrected chi connectivity index (χ1v) is 8.97. The molecule has 5 heteroatoms. The van der Waals surface area contributed by atoms with Crippen molar-refractivity contribution in [3.63, 3.8) is 0 Å². The summed E-state index contributed by atoms with van der Waals surface area (Å²) in [6, 6.07) is 6.59. The van der Waals surface area contributed by atoms with Crippen molar-refractivity contribution in [3.05, 3.63) is 47.4 Å². The highest BCUT2D eigenvalue weighted by molar-refractivity contribution is 5.69. The highest BCUT2D eigenvalue weighted by Crippen LogP contribution is 2.41. The molecule has 1 aromatic rings. The summed E-state index contributed by atoms with van der Waals surface area (Å²) in [6.45, 7) is 9.10. The van der Waals surface area contributed by atoms with Crippen molar-refractivity contribution in [1.29, 1.82) is 0 Å². The summed E-state index contributed by atoms with van der Waals surface area (Å²) in [5.41, 5.74) is 1.76. The lowest BCUT2D eigenvalue weighted by molar-refractivity contribution is -0.00871. The van der Waals surface area contributed by atoms with Crippen LogP contribution in [0.1, 0.15) is 52.1 Å². The van der Waals surface area contributed by atoms with Crippen LogP contribution in [0.15, 0.2) is 36.0 Å². The maximum atomic E-state index is 13.4. The van der Waals surface area contributed by atoms with E-state index in [1.54, 1.807) is 12.1 Å². The Kier molecular flexibility index (Phi) is 4.76. The van der Waals surface area contributed by atoms with Crippen LogP contribution in [-0.2, 0) is 4.74 Å². The van der Waals surface area contributed by atoms with Crippen LogP contribution in [0, 0.1) is 5.82 Å². The Labute approximate surface area is 149 Å². The van der Waals surface area contributed by atoms with Crippen LogP contribution in [0.25, 0.3) is 0 Å². The molecule has 136 valence electrons. The highest BCUT2D eigenvalue weighted by atomic mass is 19.1. The van der Waals surface area contributed by atoms with Gasteiger partial charge in [0.05, 0.1) is 12.1 Å². The van der Waals surface area contributed by atoms with Crippen LogP contribution in [0.4, 0.5) is 9.18 Å². The fraction of sp³-hybridized carbons (Fsp3) is 0.550. The second kappa shape index (κ2) is 6.70. The van der Waals surface area contributed by atoms with Crippen LogP contribution in [0.5, 0.6) is 0 Å². The maximum Gasteiger partial charge on any atom is 0.410 e. The Balaban J connectivity index is 1.94. The van der Waals surface area contributed by atoms with E-state index in [4.69, 9.17) is 4.74 Å². The molecule has 2 heterocycles. The third kappa shape index (κ3) is 3.65. The number of carbonyl (C=O) groups excluding carboxylic acids is 1. The van der Waals surface area contributed by atoms with Gasteiger partial charge in [-0.05, 0) is 58.2 Å². The SMILES string of the molecule is CC=C1CCC2C(c3ccc(F)cc3)N(C(=O)OC(C)(C)C)CCN12. The minimum atomic E-state index is -0.536. The fourth-order valence-electron chi connectivity index (χ4n) is 3.91. The van der Waals surface area contributed by atoms with Gasteiger partial charge in [0.15, 0.2) is 0 Å². The van der Waals surface area contributed by atoms with Crippen LogP contribution < -0.4 is 0 Å². The second-order valence-electron chi connectivity index (χ2n) is 7.75. The molecular weight excluding hydrogens is 319 g/mol. The molecule has 0 bridgehead atoms. The van der Waals surface area contributed by atoms with E-state index in [0.29, 0.717) is 6.54 Å². The van der Waals surface area contributed by atoms with Crippen molar-refractivity contribution in [2.45, 2.75) is 58.2 Å². The Morgan fingerprint density at radius 2 is 1.92 bits per heavy atom. The van der Waals surface area contributed by atoms with Gasteiger partial charge in [-0.25, -0.2) is 9.18 Å². The third-order valence-electron chi connectivity index (χ3n) is 4.92. The van der Waals surface area contributed by atoms with E-state index >= 15 is 0 Å². The van der Waals surface area contributed by atoms with Gasteiger partial charge in [0.1, 0.15) is 11.4 Å². The number of benzene rings is 1. The number of ether oxygens (including phenoxy) is 1. The average Bonchev–Trinajstić information content (AvgIpc) is 2.96. The standard InChI is InChI=1S/C20H27FN2O2/c1-5-16-10-11-17-18(14-6-8-15(21)9-7-14)23(13-12-22(16)17)19(24)25-20(2,3)4/h5-9,17-18H,10-13H2,1-4H3. The van der Waals surface area contributed by atoms with Gasteiger partial charge in [-0.15, -0.1) is 0 Å². The molecule has 2 aliphatic heterocycles. The predicted octanol–water partition coefficient (Wildman–Crippen LogP) is 4.49. The largest absolute Gasteiger partial charge is 0.444 e. The van der Waals surface area contributed by atoms with Crippen molar-refractivity contribution < 1.29 is 13.9 Å². The lowest BCUT2D eigenvalue weighted by atomic mass is 9.94. The van der Waals surface area contributed by atoms with Gasteiger partial charge in [-0.1, -0.05) is 18.2 Å². The summed E-state index contributed by atoms with van der Waals surface area (Å²) in [4.78, 5) is 17.0. The van der Waals surface area contributed by atoms with Gasteiger partial charge in [0.25, 0.3) is 0 Å². The van der Waals surface area contributed by atoms with Crippen LogP contribution >= 0.6 is 0 Å². The lowest BCUT2D eigenvalue weighted by Gasteiger charge is -2.46. The van der Waals surface area contributed by atoms with E-state index in [2.05, 4.69) is 17.9 Å². The van der Waals surface area contributed by atoms with E-state index in [9.17, 15) is 9.18 Å². The molecule has 0 saturated carbocycles. The zero-order valence-corrected chi connectivity index (χ0v) is 15.5. The molecule has 2 aliphatic rings. The molecule has 1 amide bonds. The molecule has 0 aromatic heterocycles. The molecule has 3 rings (SSSR count). The summed E-state index contributed by atoms with van der Waals surface area (Å²) >= 11 is 0. The Morgan fingerprint density at radius 1 is 1.24 bits per heavy atom. The molecule has 1 aromatic carbocycles. The number of hydrogen-bond acceptors (Lipinski definition) is 3. The molecule has 0 radical (unpaired) electrons. The minimum absolute atomic E-state index is 0.123. The van der Waals surface area contributed by atoms with Gasteiger partial charge in [-0.2, -0.15) is 0 Å². The monoisotopic (exact) mass is 346 g/mol. The number of rotatable bonds is 1. The average molecular weight is 346 g/mol. The Bertz CT molecular complexity index is 663. The molecule has 2 fully saturated rings. The Hall–Kier alpha value is -2.04. The van der Waals surface area contributed by atoms with E-state index < -0.39 is 5.60 Å². The zero-order valence-electron chi connectivity index (χ0n) is 15.5. The van der Waals surface area contributed by atoms with Crippen molar-refractivity contribution in [2.75, 3.05) is 13.1 Å². The smallest absolute Gasteiger partial charge is 0.410 e. The number of nitrogens with zero attached hydrogens (tertiary/aromatic N) is 2. The number of fused-ring (bicyclic) bond motifs is 1.